The van der Waals surface area contributed by atoms with E-state index in [9.17, 15) is 4.79 Å². The summed E-state index contributed by atoms with van der Waals surface area (Å²) in [5, 5.41) is 0.184. The maximum Gasteiger partial charge on any atom is 0.192 e. The Balaban J connectivity index is 1.61. The molecule has 0 radical (unpaired) electrons. The largest absolute Gasteiger partial charge is 0.493 e. The van der Waals surface area contributed by atoms with E-state index in [1.165, 1.54) is 16.6 Å². The monoisotopic (exact) mass is 351 g/mol. The Morgan fingerprint density at radius 2 is 2.17 bits per heavy atom. The van der Waals surface area contributed by atoms with Gasteiger partial charge in [-0.2, -0.15) is 0 Å². The van der Waals surface area contributed by atoms with E-state index in [1.807, 2.05) is 37.0 Å². The number of carbonyl (C=O) groups is 1. The molecule has 23 heavy (non-hydrogen) atoms. The molecule has 0 spiro atoms. The fourth-order valence-electron chi connectivity index (χ4n) is 2.10. The number of aromatic nitrogens is 2. The average Bonchev–Trinajstić information content (AvgIpc) is 2.95. The smallest absolute Gasteiger partial charge is 0.192 e. The van der Waals surface area contributed by atoms with Gasteiger partial charge in [-0.3, -0.25) is 4.79 Å². The van der Waals surface area contributed by atoms with Crippen molar-refractivity contribution in [3.63, 3.8) is 0 Å². The van der Waals surface area contributed by atoms with Gasteiger partial charge in [0.05, 0.1) is 24.2 Å². The number of ether oxygens (including phenoxy) is 1. The Hall–Kier alpha value is -1.40. The third-order valence-corrected chi connectivity index (χ3v) is 5.28. The molecule has 2 rings (SSSR count). The predicted molar refractivity (Wildman–Crippen MR) is 95.1 cm³/mol. The van der Waals surface area contributed by atoms with Gasteiger partial charge in [0.2, 0.25) is 0 Å². The minimum atomic E-state index is 0.184. The van der Waals surface area contributed by atoms with Gasteiger partial charge in [-0.1, -0.05) is 18.7 Å². The number of carbonyl (C=O) groups excluding carboxylic acids is 1. The summed E-state index contributed by atoms with van der Waals surface area (Å²) in [6, 6.07) is 3.89. The standard InChI is InChI=1S/C17H23N2O2S2/c1-3-8-19-9-4-15(5-10-19)21-11-6-17(20)22-12-7-16-14(2)18-13-23-16/h4-5,9-10,13H,3,6-8,11-12H2,1-2H3/q+1. The first kappa shape index (κ1) is 17.9. The highest BCUT2D eigenvalue weighted by molar-refractivity contribution is 8.13. The van der Waals surface area contributed by atoms with Gasteiger partial charge in [-0.05, 0) is 13.3 Å². The maximum atomic E-state index is 11.9. The lowest BCUT2D eigenvalue weighted by molar-refractivity contribution is -0.697. The predicted octanol–water partition coefficient (Wildman–Crippen LogP) is 3.42. The van der Waals surface area contributed by atoms with Crippen molar-refractivity contribution in [3.05, 3.63) is 40.6 Å². The molecule has 2 aromatic heterocycles. The number of pyridine rings is 1. The summed E-state index contributed by atoms with van der Waals surface area (Å²) in [6.45, 7) is 5.60. The molecule has 4 nitrogen and oxygen atoms in total. The molecular formula is C17H23N2O2S2+. The molecule has 0 aliphatic carbocycles. The van der Waals surface area contributed by atoms with Crippen molar-refractivity contribution in [2.24, 2.45) is 0 Å². The van der Waals surface area contributed by atoms with Gasteiger partial charge < -0.3 is 4.74 Å². The van der Waals surface area contributed by atoms with Gasteiger partial charge in [0.25, 0.3) is 0 Å². The van der Waals surface area contributed by atoms with Crippen LogP contribution in [0.4, 0.5) is 0 Å². The Bertz CT molecular complexity index is 611. The molecule has 124 valence electrons. The second-order valence-electron chi connectivity index (χ2n) is 5.20. The van der Waals surface area contributed by atoms with Crippen molar-refractivity contribution in [2.45, 2.75) is 39.7 Å². The van der Waals surface area contributed by atoms with Crippen LogP contribution in [0.1, 0.15) is 30.3 Å². The number of hydrogen-bond donors (Lipinski definition) is 0. The van der Waals surface area contributed by atoms with E-state index < -0.39 is 0 Å². The molecule has 2 heterocycles. The molecule has 0 aliphatic heterocycles. The van der Waals surface area contributed by atoms with E-state index in [0.717, 1.165) is 36.6 Å². The normalized spacial score (nSPS) is 10.7. The van der Waals surface area contributed by atoms with E-state index in [1.54, 1.807) is 11.3 Å². The molecule has 2 aromatic rings. The summed E-state index contributed by atoms with van der Waals surface area (Å²) in [4.78, 5) is 17.3. The number of nitrogens with zero attached hydrogens (tertiary/aromatic N) is 2. The van der Waals surface area contributed by atoms with E-state index in [0.29, 0.717) is 13.0 Å². The Labute approximate surface area is 145 Å². The van der Waals surface area contributed by atoms with Crippen LogP contribution in [-0.4, -0.2) is 22.5 Å². The number of thioether (sulfide) groups is 1. The highest BCUT2D eigenvalue weighted by Crippen LogP contribution is 2.16. The molecular weight excluding hydrogens is 328 g/mol. The van der Waals surface area contributed by atoms with E-state index in [2.05, 4.69) is 16.5 Å². The fourth-order valence-corrected chi connectivity index (χ4v) is 3.77. The van der Waals surface area contributed by atoms with Crippen LogP contribution in [0, 0.1) is 6.92 Å². The second-order valence-corrected chi connectivity index (χ2v) is 7.29. The molecule has 6 heteroatoms. The number of rotatable bonds is 9. The molecule has 0 aromatic carbocycles. The number of thiazole rings is 1. The van der Waals surface area contributed by atoms with Crippen LogP contribution in [0.15, 0.2) is 30.0 Å². The van der Waals surface area contributed by atoms with E-state index >= 15 is 0 Å². The minimum Gasteiger partial charge on any atom is -0.493 e. The third-order valence-electron chi connectivity index (χ3n) is 3.35. The molecule has 0 saturated heterocycles. The highest BCUT2D eigenvalue weighted by atomic mass is 32.2. The molecule has 0 fully saturated rings. The fraction of sp³-hybridized carbons (Fsp3) is 0.471. The van der Waals surface area contributed by atoms with Crippen molar-refractivity contribution in [2.75, 3.05) is 12.4 Å². The lowest BCUT2D eigenvalue weighted by Gasteiger charge is -2.05. The molecule has 0 unspecified atom stereocenters. The minimum absolute atomic E-state index is 0.184. The number of hydrogen-bond acceptors (Lipinski definition) is 5. The zero-order valence-corrected chi connectivity index (χ0v) is 15.3. The van der Waals surface area contributed by atoms with Crippen molar-refractivity contribution in [1.82, 2.24) is 4.98 Å². The Morgan fingerprint density at radius 1 is 1.39 bits per heavy atom. The number of aryl methyl sites for hydroxylation is 3. The topological polar surface area (TPSA) is 43.1 Å². The van der Waals surface area contributed by atoms with Crippen LogP contribution in [0.5, 0.6) is 5.75 Å². The summed E-state index contributed by atoms with van der Waals surface area (Å²) < 4.78 is 7.75. The molecule has 0 N–H and O–H groups in total. The molecule has 0 amide bonds. The van der Waals surface area contributed by atoms with E-state index in [-0.39, 0.29) is 5.12 Å². The highest BCUT2D eigenvalue weighted by Gasteiger charge is 2.07. The lowest BCUT2D eigenvalue weighted by Crippen LogP contribution is -2.31. The van der Waals surface area contributed by atoms with Gasteiger partial charge in [-0.15, -0.1) is 11.3 Å². The van der Waals surface area contributed by atoms with Crippen LogP contribution >= 0.6 is 23.1 Å². The summed E-state index contributed by atoms with van der Waals surface area (Å²) in [5.74, 6) is 1.62. The van der Waals surface area contributed by atoms with Gasteiger partial charge in [0.1, 0.15) is 12.3 Å². The molecule has 0 aliphatic rings. The maximum absolute atomic E-state index is 11.9. The SMILES string of the molecule is CCC[n+]1ccc(OCCC(=O)SCCc2scnc2C)cc1. The van der Waals surface area contributed by atoms with Crippen molar-refractivity contribution >= 4 is 28.2 Å². The van der Waals surface area contributed by atoms with Gasteiger partial charge in [0.15, 0.2) is 17.5 Å². The molecule has 0 bridgehead atoms. The van der Waals surface area contributed by atoms with Gasteiger partial charge in [-0.25, -0.2) is 9.55 Å². The van der Waals surface area contributed by atoms with Crippen molar-refractivity contribution in [3.8, 4) is 5.75 Å². The zero-order chi connectivity index (χ0) is 16.5. The van der Waals surface area contributed by atoms with Crippen LogP contribution in [-0.2, 0) is 17.8 Å². The van der Waals surface area contributed by atoms with Crippen LogP contribution in [0.2, 0.25) is 0 Å². The summed E-state index contributed by atoms with van der Waals surface area (Å²) in [7, 11) is 0. The zero-order valence-electron chi connectivity index (χ0n) is 13.7. The summed E-state index contributed by atoms with van der Waals surface area (Å²) >= 11 is 3.04. The first-order chi connectivity index (χ1) is 11.2. The lowest BCUT2D eigenvalue weighted by atomic mass is 10.3. The summed E-state index contributed by atoms with van der Waals surface area (Å²) in [6.07, 6.45) is 6.47. The average molecular weight is 352 g/mol. The summed E-state index contributed by atoms with van der Waals surface area (Å²) in [5.41, 5.74) is 2.94. The molecule has 0 atom stereocenters. The van der Waals surface area contributed by atoms with Crippen LogP contribution in [0.25, 0.3) is 0 Å². The third kappa shape index (κ3) is 6.31. The first-order valence-electron chi connectivity index (χ1n) is 7.85. The molecule has 0 saturated carbocycles. The first-order valence-corrected chi connectivity index (χ1v) is 9.72. The Kier molecular flexibility index (Phi) is 7.55. The van der Waals surface area contributed by atoms with Gasteiger partial charge >= 0.3 is 0 Å². The van der Waals surface area contributed by atoms with Crippen LogP contribution in [0.3, 0.4) is 0 Å². The van der Waals surface area contributed by atoms with Crippen molar-refractivity contribution in [1.29, 1.82) is 0 Å². The van der Waals surface area contributed by atoms with E-state index in [4.69, 9.17) is 4.74 Å². The quantitative estimate of drug-likeness (QED) is 0.649. The second kappa shape index (κ2) is 9.67. The van der Waals surface area contributed by atoms with Crippen LogP contribution < -0.4 is 9.30 Å². The Morgan fingerprint density at radius 3 is 2.83 bits per heavy atom. The van der Waals surface area contributed by atoms with Gasteiger partial charge in [0, 0.05) is 29.2 Å². The van der Waals surface area contributed by atoms with Crippen molar-refractivity contribution < 1.29 is 14.1 Å².